The minimum atomic E-state index is -2.96. The Labute approximate surface area is 150 Å². The van der Waals surface area contributed by atoms with Crippen LogP contribution in [0.3, 0.4) is 0 Å². The van der Waals surface area contributed by atoms with Gasteiger partial charge in [0.15, 0.2) is 16.4 Å². The van der Waals surface area contributed by atoms with Crippen LogP contribution in [0.5, 0.6) is 0 Å². The van der Waals surface area contributed by atoms with Crippen LogP contribution < -0.4 is 5.32 Å². The first-order valence-electron chi connectivity index (χ1n) is 7.83. The van der Waals surface area contributed by atoms with Crippen molar-refractivity contribution in [1.82, 2.24) is 5.32 Å². The van der Waals surface area contributed by atoms with Gasteiger partial charge in [0.1, 0.15) is 5.82 Å². The molecule has 0 unspecified atom stereocenters. The Morgan fingerprint density at radius 3 is 2.64 bits per heavy atom. The molecule has 138 valence electrons. The monoisotopic (exact) mass is 389 g/mol. The molecular weight excluding hydrogens is 369 g/mol. The summed E-state index contributed by atoms with van der Waals surface area (Å²) in [7, 11) is -2.96. The number of carbonyl (C=O) groups is 2. The van der Waals surface area contributed by atoms with Crippen molar-refractivity contribution in [2.45, 2.75) is 18.1 Å². The summed E-state index contributed by atoms with van der Waals surface area (Å²) >= 11 is 1.25. The average molecular weight is 389 g/mol. The molecule has 0 radical (unpaired) electrons. The Hall–Kier alpha value is -1.61. The van der Waals surface area contributed by atoms with Gasteiger partial charge in [0.05, 0.1) is 17.3 Å². The van der Waals surface area contributed by atoms with E-state index in [1.54, 1.807) is 12.1 Å². The summed E-state index contributed by atoms with van der Waals surface area (Å²) < 4.78 is 40.3. The molecule has 1 saturated heterocycles. The zero-order valence-electron chi connectivity index (χ0n) is 13.6. The highest BCUT2D eigenvalue weighted by molar-refractivity contribution is 8.02. The van der Waals surface area contributed by atoms with Crippen LogP contribution in [0.2, 0.25) is 0 Å². The van der Waals surface area contributed by atoms with Crippen molar-refractivity contribution >= 4 is 33.5 Å². The number of hydrogen-bond acceptors (Lipinski definition) is 6. The molecule has 1 aromatic rings. The molecule has 1 fully saturated rings. The average Bonchev–Trinajstić information content (AvgIpc) is 2.92. The molecule has 1 heterocycles. The highest BCUT2D eigenvalue weighted by Gasteiger charge is 2.28. The van der Waals surface area contributed by atoms with Crippen molar-refractivity contribution < 1.29 is 27.1 Å². The summed E-state index contributed by atoms with van der Waals surface area (Å²) in [6.45, 7) is -0.0114. The van der Waals surface area contributed by atoms with Gasteiger partial charge in [-0.25, -0.2) is 12.8 Å². The molecule has 2 rings (SSSR count). The number of amides is 1. The lowest BCUT2D eigenvalue weighted by molar-refractivity contribution is -0.145. The first-order valence-corrected chi connectivity index (χ1v) is 10.7. The maximum absolute atomic E-state index is 12.8. The Balaban J connectivity index is 1.56. The van der Waals surface area contributed by atoms with Crippen LogP contribution in [0.4, 0.5) is 4.39 Å². The molecule has 0 aliphatic carbocycles. The number of ether oxygens (including phenoxy) is 1. The van der Waals surface area contributed by atoms with E-state index in [-0.39, 0.29) is 34.9 Å². The minimum Gasteiger partial charge on any atom is -0.455 e. The van der Waals surface area contributed by atoms with Gasteiger partial charge in [0, 0.05) is 11.8 Å². The second kappa shape index (κ2) is 9.19. The zero-order chi connectivity index (χ0) is 18.3. The van der Waals surface area contributed by atoms with Crippen LogP contribution in [0.1, 0.15) is 12.0 Å². The maximum atomic E-state index is 12.8. The molecule has 1 atom stereocenters. The lowest BCUT2D eigenvalue weighted by atomic mass is 10.1. The van der Waals surface area contributed by atoms with Gasteiger partial charge in [-0.3, -0.25) is 9.59 Å². The number of nitrogens with one attached hydrogen (secondary N) is 1. The number of sulfone groups is 1. The van der Waals surface area contributed by atoms with Gasteiger partial charge in [0.2, 0.25) is 0 Å². The van der Waals surface area contributed by atoms with Gasteiger partial charge in [0.25, 0.3) is 5.91 Å². The summed E-state index contributed by atoms with van der Waals surface area (Å²) in [4.78, 5) is 23.2. The highest BCUT2D eigenvalue weighted by Crippen LogP contribution is 2.24. The number of esters is 1. The van der Waals surface area contributed by atoms with E-state index >= 15 is 0 Å². The molecule has 1 aromatic carbocycles. The van der Waals surface area contributed by atoms with Crippen LogP contribution >= 0.6 is 11.8 Å². The molecule has 0 bridgehead atoms. The molecule has 9 heteroatoms. The fourth-order valence-electron chi connectivity index (χ4n) is 2.31. The summed E-state index contributed by atoms with van der Waals surface area (Å²) in [5.74, 6) is -0.978. The Kier molecular flexibility index (Phi) is 7.24. The zero-order valence-corrected chi connectivity index (χ0v) is 15.2. The Morgan fingerprint density at radius 1 is 1.28 bits per heavy atom. The van der Waals surface area contributed by atoms with Crippen molar-refractivity contribution in [3.8, 4) is 0 Å². The topological polar surface area (TPSA) is 89.5 Å². The number of rotatable bonds is 8. The third kappa shape index (κ3) is 7.43. The predicted octanol–water partition coefficient (Wildman–Crippen LogP) is 0.948. The fraction of sp³-hybridized carbons (Fsp3) is 0.500. The molecule has 25 heavy (non-hydrogen) atoms. The molecule has 1 aliphatic heterocycles. The van der Waals surface area contributed by atoms with Gasteiger partial charge in [-0.15, -0.1) is 11.8 Å². The largest absolute Gasteiger partial charge is 0.455 e. The third-order valence-electron chi connectivity index (χ3n) is 3.64. The van der Waals surface area contributed by atoms with E-state index in [0.717, 1.165) is 5.56 Å². The standard InChI is InChI=1S/C16H20FNO5S2/c17-13-3-1-12(2-4-13)5-7-18-15(19)9-23-16(20)10-24-14-6-8-25(21,22)11-14/h1-4,14H,5-11H2,(H,18,19)/t14-/m1/s1. The molecular formula is C16H20FNO5S2. The van der Waals surface area contributed by atoms with Crippen molar-refractivity contribution in [2.24, 2.45) is 0 Å². The van der Waals surface area contributed by atoms with E-state index in [9.17, 15) is 22.4 Å². The molecule has 0 aromatic heterocycles. The summed E-state index contributed by atoms with van der Waals surface area (Å²) in [5, 5.41) is 2.53. The van der Waals surface area contributed by atoms with Crippen molar-refractivity contribution in [1.29, 1.82) is 0 Å². The van der Waals surface area contributed by atoms with E-state index in [1.807, 2.05) is 0 Å². The van der Waals surface area contributed by atoms with Gasteiger partial charge in [-0.1, -0.05) is 12.1 Å². The molecule has 0 spiro atoms. The number of hydrogen-bond donors (Lipinski definition) is 1. The number of halogens is 1. The predicted molar refractivity (Wildman–Crippen MR) is 93.6 cm³/mol. The normalized spacial score (nSPS) is 18.7. The van der Waals surface area contributed by atoms with Crippen LogP contribution in [0.25, 0.3) is 0 Å². The van der Waals surface area contributed by atoms with E-state index < -0.39 is 21.7 Å². The number of carbonyl (C=O) groups excluding carboxylic acids is 2. The van der Waals surface area contributed by atoms with Gasteiger partial charge >= 0.3 is 5.97 Å². The van der Waals surface area contributed by atoms with E-state index in [1.165, 1.54) is 23.9 Å². The Bertz CT molecular complexity index is 706. The van der Waals surface area contributed by atoms with E-state index in [0.29, 0.717) is 19.4 Å². The van der Waals surface area contributed by atoms with Crippen LogP contribution in [-0.4, -0.2) is 56.0 Å². The third-order valence-corrected chi connectivity index (χ3v) is 6.90. The van der Waals surface area contributed by atoms with Gasteiger partial charge < -0.3 is 10.1 Å². The molecule has 1 amide bonds. The molecule has 6 nitrogen and oxygen atoms in total. The van der Waals surface area contributed by atoms with E-state index in [2.05, 4.69) is 5.32 Å². The van der Waals surface area contributed by atoms with Crippen molar-refractivity contribution in [3.05, 3.63) is 35.6 Å². The summed E-state index contributed by atoms with van der Waals surface area (Å²) in [6.07, 6.45) is 1.09. The van der Waals surface area contributed by atoms with Crippen molar-refractivity contribution in [2.75, 3.05) is 30.4 Å². The molecule has 0 saturated carbocycles. The summed E-state index contributed by atoms with van der Waals surface area (Å²) in [6, 6.07) is 5.99. The quantitative estimate of drug-likeness (QED) is 0.666. The number of thioether (sulfide) groups is 1. The second-order valence-corrected chi connectivity index (χ2v) is 9.24. The second-order valence-electron chi connectivity index (χ2n) is 5.72. The van der Waals surface area contributed by atoms with Gasteiger partial charge in [-0.05, 0) is 30.5 Å². The van der Waals surface area contributed by atoms with Crippen LogP contribution in [0.15, 0.2) is 24.3 Å². The first kappa shape index (κ1) is 19.7. The highest BCUT2D eigenvalue weighted by atomic mass is 32.2. The lowest BCUT2D eigenvalue weighted by Crippen LogP contribution is -2.30. The lowest BCUT2D eigenvalue weighted by Gasteiger charge is -2.08. The first-order chi connectivity index (χ1) is 11.8. The smallest absolute Gasteiger partial charge is 0.316 e. The minimum absolute atomic E-state index is 0.0308. The van der Waals surface area contributed by atoms with Crippen LogP contribution in [0, 0.1) is 5.82 Å². The van der Waals surface area contributed by atoms with Crippen LogP contribution in [-0.2, 0) is 30.6 Å². The molecule has 1 aliphatic rings. The summed E-state index contributed by atoms with van der Waals surface area (Å²) in [5.41, 5.74) is 0.890. The van der Waals surface area contributed by atoms with Gasteiger partial charge in [-0.2, -0.15) is 0 Å². The SMILES string of the molecule is O=C(COC(=O)CS[C@@H]1CCS(=O)(=O)C1)NCCc1ccc(F)cc1. The molecule has 1 N–H and O–H groups in total. The van der Waals surface area contributed by atoms with E-state index in [4.69, 9.17) is 4.74 Å². The number of benzene rings is 1. The Morgan fingerprint density at radius 2 is 2.00 bits per heavy atom. The van der Waals surface area contributed by atoms with Crippen molar-refractivity contribution in [3.63, 3.8) is 0 Å². The fourth-order valence-corrected chi connectivity index (χ4v) is 5.75. The maximum Gasteiger partial charge on any atom is 0.316 e.